The van der Waals surface area contributed by atoms with Crippen LogP contribution < -0.4 is 0 Å². The normalized spacial score (nSPS) is 10.9. The molecule has 0 saturated heterocycles. The Balaban J connectivity index is 2.01. The van der Waals surface area contributed by atoms with Crippen LogP contribution in [0.1, 0.15) is 15.9 Å². The zero-order valence-corrected chi connectivity index (χ0v) is 13.5. The fraction of sp³-hybridized carbons (Fsp3) is 0.0500. The van der Waals surface area contributed by atoms with Crippen molar-refractivity contribution in [2.24, 2.45) is 0 Å². The molecule has 5 heteroatoms. The van der Waals surface area contributed by atoms with Gasteiger partial charge in [-0.25, -0.2) is 9.48 Å². The summed E-state index contributed by atoms with van der Waals surface area (Å²) < 4.78 is 1.75. The molecule has 0 aliphatic heterocycles. The predicted molar refractivity (Wildman–Crippen MR) is 96.0 cm³/mol. The molecule has 0 saturated carbocycles. The zero-order valence-electron chi connectivity index (χ0n) is 13.5. The number of aromatic nitrogens is 3. The number of para-hydroxylation sites is 1. The van der Waals surface area contributed by atoms with Gasteiger partial charge in [-0.2, -0.15) is 5.10 Å². The van der Waals surface area contributed by atoms with E-state index in [4.69, 9.17) is 0 Å². The Morgan fingerprint density at radius 3 is 2.52 bits per heavy atom. The lowest BCUT2D eigenvalue weighted by atomic mass is 10.0. The van der Waals surface area contributed by atoms with Crippen LogP contribution >= 0.6 is 0 Å². The third-order valence-electron chi connectivity index (χ3n) is 4.12. The number of aryl methyl sites for hydroxylation is 1. The molecule has 4 aromatic rings. The second kappa shape index (κ2) is 5.87. The lowest BCUT2D eigenvalue weighted by Gasteiger charge is -2.08. The van der Waals surface area contributed by atoms with Crippen molar-refractivity contribution in [1.82, 2.24) is 14.8 Å². The van der Waals surface area contributed by atoms with E-state index in [0.29, 0.717) is 0 Å². The minimum absolute atomic E-state index is 0.211. The van der Waals surface area contributed by atoms with E-state index in [1.807, 2.05) is 49.4 Å². The van der Waals surface area contributed by atoms with Gasteiger partial charge in [0.2, 0.25) is 0 Å². The van der Waals surface area contributed by atoms with Crippen LogP contribution in [-0.4, -0.2) is 25.8 Å². The molecule has 4 rings (SSSR count). The highest BCUT2D eigenvalue weighted by atomic mass is 16.4. The van der Waals surface area contributed by atoms with Gasteiger partial charge >= 0.3 is 5.97 Å². The lowest BCUT2D eigenvalue weighted by Crippen LogP contribution is -2.00. The Morgan fingerprint density at radius 1 is 1.04 bits per heavy atom. The number of hydrogen-bond acceptors (Lipinski definition) is 3. The van der Waals surface area contributed by atoms with Crippen molar-refractivity contribution in [2.75, 3.05) is 0 Å². The quantitative estimate of drug-likeness (QED) is 0.614. The molecule has 2 aromatic heterocycles. The number of pyridine rings is 1. The highest BCUT2D eigenvalue weighted by molar-refractivity contribution is 6.01. The minimum atomic E-state index is -0.976. The minimum Gasteiger partial charge on any atom is -0.478 e. The maximum atomic E-state index is 11.6. The number of hydrogen-bond donors (Lipinski definition) is 1. The van der Waals surface area contributed by atoms with E-state index in [9.17, 15) is 9.90 Å². The van der Waals surface area contributed by atoms with Crippen LogP contribution in [0.25, 0.3) is 27.8 Å². The van der Waals surface area contributed by atoms with E-state index in [-0.39, 0.29) is 5.56 Å². The van der Waals surface area contributed by atoms with Gasteiger partial charge in [-0.15, -0.1) is 0 Å². The van der Waals surface area contributed by atoms with Crippen LogP contribution in [0, 0.1) is 6.92 Å². The number of aromatic carboxylic acids is 1. The monoisotopic (exact) mass is 329 g/mol. The molecule has 0 radical (unpaired) electrons. The maximum Gasteiger partial charge on any atom is 0.335 e. The van der Waals surface area contributed by atoms with Gasteiger partial charge < -0.3 is 5.11 Å². The number of nitrogens with zero attached hydrogens (tertiary/aromatic N) is 3. The molecule has 0 bridgehead atoms. The summed E-state index contributed by atoms with van der Waals surface area (Å²) in [6, 6.07) is 16.8. The fourth-order valence-electron chi connectivity index (χ4n) is 2.86. The van der Waals surface area contributed by atoms with E-state index in [2.05, 4.69) is 10.1 Å². The topological polar surface area (TPSA) is 68.0 Å². The van der Waals surface area contributed by atoms with Crippen molar-refractivity contribution in [3.63, 3.8) is 0 Å². The molecule has 1 N–H and O–H groups in total. The lowest BCUT2D eigenvalue weighted by molar-refractivity contribution is 0.0697. The third-order valence-corrected chi connectivity index (χ3v) is 4.12. The number of carboxylic acids is 1. The van der Waals surface area contributed by atoms with Crippen molar-refractivity contribution >= 4 is 16.9 Å². The number of benzene rings is 2. The number of rotatable bonds is 3. The molecule has 25 heavy (non-hydrogen) atoms. The highest BCUT2D eigenvalue weighted by Crippen LogP contribution is 2.30. The first-order valence-electron chi connectivity index (χ1n) is 7.87. The maximum absolute atomic E-state index is 11.6. The summed E-state index contributed by atoms with van der Waals surface area (Å²) in [5.41, 5.74) is 4.37. The van der Waals surface area contributed by atoms with Gasteiger partial charge in [0, 0.05) is 17.1 Å². The summed E-state index contributed by atoms with van der Waals surface area (Å²) in [4.78, 5) is 16.1. The van der Waals surface area contributed by atoms with Crippen molar-refractivity contribution in [3.8, 4) is 16.9 Å². The standard InChI is InChI=1S/C20H15N3O2/c1-13-7-8-18(21-11-13)16-9-14(20(24)25)10-19-17(16)12-22-23(19)15-5-3-2-4-6-15/h2-12H,1H3,(H,24,25). The number of carbonyl (C=O) groups is 1. The summed E-state index contributed by atoms with van der Waals surface area (Å²) >= 11 is 0. The first-order valence-corrected chi connectivity index (χ1v) is 7.87. The van der Waals surface area contributed by atoms with Crippen LogP contribution in [0.2, 0.25) is 0 Å². The predicted octanol–water partition coefficient (Wildman–Crippen LogP) is 4.09. The van der Waals surface area contributed by atoms with Crippen molar-refractivity contribution < 1.29 is 9.90 Å². The summed E-state index contributed by atoms with van der Waals surface area (Å²) in [5, 5.41) is 14.8. The van der Waals surface area contributed by atoms with Gasteiger partial charge in [0.15, 0.2) is 0 Å². The molecule has 0 fully saturated rings. The van der Waals surface area contributed by atoms with Crippen LogP contribution in [0.5, 0.6) is 0 Å². The smallest absolute Gasteiger partial charge is 0.335 e. The van der Waals surface area contributed by atoms with Gasteiger partial charge in [-0.05, 0) is 42.8 Å². The summed E-state index contributed by atoms with van der Waals surface area (Å²) in [6.07, 6.45) is 3.53. The summed E-state index contributed by atoms with van der Waals surface area (Å²) in [6.45, 7) is 1.97. The molecule has 5 nitrogen and oxygen atoms in total. The molecule has 0 aliphatic rings. The van der Waals surface area contributed by atoms with E-state index in [0.717, 1.165) is 33.4 Å². The molecule has 2 aromatic carbocycles. The van der Waals surface area contributed by atoms with E-state index >= 15 is 0 Å². The molecular formula is C20H15N3O2. The zero-order chi connectivity index (χ0) is 17.4. The highest BCUT2D eigenvalue weighted by Gasteiger charge is 2.15. The van der Waals surface area contributed by atoms with E-state index < -0.39 is 5.97 Å². The average molecular weight is 329 g/mol. The Labute approximate surface area is 144 Å². The van der Waals surface area contributed by atoms with E-state index in [1.54, 1.807) is 29.2 Å². The van der Waals surface area contributed by atoms with Crippen LogP contribution in [-0.2, 0) is 0 Å². The summed E-state index contributed by atoms with van der Waals surface area (Å²) in [5.74, 6) is -0.976. The Hall–Kier alpha value is -3.47. The molecule has 0 atom stereocenters. The summed E-state index contributed by atoms with van der Waals surface area (Å²) in [7, 11) is 0. The second-order valence-electron chi connectivity index (χ2n) is 5.87. The Kier molecular flexibility index (Phi) is 3.54. The molecule has 0 unspecified atom stereocenters. The SMILES string of the molecule is Cc1ccc(-c2cc(C(=O)O)cc3c2cnn3-c2ccccc2)nc1. The van der Waals surface area contributed by atoms with Gasteiger partial charge in [-0.3, -0.25) is 4.98 Å². The van der Waals surface area contributed by atoms with Crippen molar-refractivity contribution in [1.29, 1.82) is 0 Å². The van der Waals surface area contributed by atoms with Crippen LogP contribution in [0.4, 0.5) is 0 Å². The largest absolute Gasteiger partial charge is 0.478 e. The van der Waals surface area contributed by atoms with Crippen molar-refractivity contribution in [2.45, 2.75) is 6.92 Å². The fourth-order valence-corrected chi connectivity index (χ4v) is 2.86. The van der Waals surface area contributed by atoms with Gasteiger partial charge in [0.05, 0.1) is 28.7 Å². The first kappa shape index (κ1) is 15.1. The van der Waals surface area contributed by atoms with Crippen LogP contribution in [0.3, 0.4) is 0 Å². The second-order valence-corrected chi connectivity index (χ2v) is 5.87. The van der Waals surface area contributed by atoms with Gasteiger partial charge in [0.25, 0.3) is 0 Å². The van der Waals surface area contributed by atoms with E-state index in [1.165, 1.54) is 0 Å². The molecule has 2 heterocycles. The molecule has 0 spiro atoms. The number of carboxylic acid groups (broad SMARTS) is 1. The average Bonchev–Trinajstić information content (AvgIpc) is 3.06. The first-order chi connectivity index (χ1) is 12.1. The molecule has 0 aliphatic carbocycles. The molecule has 122 valence electrons. The Bertz CT molecular complexity index is 1070. The van der Waals surface area contributed by atoms with Crippen molar-refractivity contribution in [3.05, 3.63) is 78.1 Å². The molecule has 0 amide bonds. The van der Waals surface area contributed by atoms with Crippen LogP contribution in [0.15, 0.2) is 67.0 Å². The third kappa shape index (κ3) is 2.65. The number of fused-ring (bicyclic) bond motifs is 1. The van der Waals surface area contributed by atoms with Gasteiger partial charge in [-0.1, -0.05) is 24.3 Å². The molecular weight excluding hydrogens is 314 g/mol. The Morgan fingerprint density at radius 2 is 1.84 bits per heavy atom. The van der Waals surface area contributed by atoms with Gasteiger partial charge in [0.1, 0.15) is 0 Å².